The predicted octanol–water partition coefficient (Wildman–Crippen LogP) is 6.47. The minimum Gasteiger partial charge on any atom is -0.310 e. The maximum Gasteiger partial charge on any atom is 0.0644 e. The summed E-state index contributed by atoms with van der Waals surface area (Å²) >= 11 is 2.93. The van der Waals surface area contributed by atoms with Crippen molar-refractivity contribution < 1.29 is 8.37 Å². The van der Waals surface area contributed by atoms with Crippen molar-refractivity contribution in [1.29, 1.82) is 0 Å². The molecule has 0 saturated carbocycles. The van der Waals surface area contributed by atoms with E-state index < -0.39 is 0 Å². The van der Waals surface area contributed by atoms with Crippen molar-refractivity contribution in [2.45, 2.75) is 43.4 Å². The molecule has 0 bridgehead atoms. The van der Waals surface area contributed by atoms with Crippen LogP contribution in [0.25, 0.3) is 0 Å². The molecule has 4 heteroatoms. The lowest BCUT2D eigenvalue weighted by molar-refractivity contribution is 0.270. The van der Waals surface area contributed by atoms with Crippen LogP contribution in [0.5, 0.6) is 0 Å². The van der Waals surface area contributed by atoms with Crippen molar-refractivity contribution in [1.82, 2.24) is 0 Å². The molecule has 0 saturated heterocycles. The summed E-state index contributed by atoms with van der Waals surface area (Å²) in [7, 11) is 0. The zero-order valence-corrected chi connectivity index (χ0v) is 16.3. The van der Waals surface area contributed by atoms with Crippen molar-refractivity contribution in [3.63, 3.8) is 0 Å². The van der Waals surface area contributed by atoms with E-state index in [-0.39, 0.29) is 0 Å². The third kappa shape index (κ3) is 7.75. The van der Waals surface area contributed by atoms with E-state index in [1.54, 1.807) is 0 Å². The fourth-order valence-corrected chi connectivity index (χ4v) is 3.36. The maximum atomic E-state index is 5.73. The standard InChI is InChI=1S/C20H26O2S2/c1-16-6-10-19(11-7-16)23-21-14-4-5-18(3)15-22-24-20-12-8-17(2)9-13-20/h6-13,18H,4-5,14-15H2,1-3H3. The molecule has 0 aromatic heterocycles. The number of rotatable bonds is 10. The lowest BCUT2D eigenvalue weighted by atomic mass is 10.1. The van der Waals surface area contributed by atoms with Crippen molar-refractivity contribution in [2.75, 3.05) is 13.2 Å². The summed E-state index contributed by atoms with van der Waals surface area (Å²) in [6.07, 6.45) is 2.17. The molecule has 0 fully saturated rings. The van der Waals surface area contributed by atoms with E-state index in [4.69, 9.17) is 8.37 Å². The van der Waals surface area contributed by atoms with Crippen molar-refractivity contribution >= 4 is 24.1 Å². The molecule has 0 aliphatic rings. The molecular formula is C20H26O2S2. The molecule has 2 rings (SSSR count). The molecule has 0 aliphatic carbocycles. The Balaban J connectivity index is 1.51. The van der Waals surface area contributed by atoms with Crippen LogP contribution in [0.3, 0.4) is 0 Å². The highest BCUT2D eigenvalue weighted by Crippen LogP contribution is 2.22. The second-order valence-corrected chi connectivity index (χ2v) is 7.89. The Morgan fingerprint density at radius 3 is 1.83 bits per heavy atom. The van der Waals surface area contributed by atoms with Crippen molar-refractivity contribution in [2.24, 2.45) is 5.92 Å². The summed E-state index contributed by atoms with van der Waals surface area (Å²) in [6, 6.07) is 16.8. The first-order valence-corrected chi connectivity index (χ1v) is 9.84. The van der Waals surface area contributed by atoms with Crippen LogP contribution >= 0.6 is 24.1 Å². The van der Waals surface area contributed by atoms with Gasteiger partial charge in [0.05, 0.1) is 13.2 Å². The minimum atomic E-state index is 0.538. The van der Waals surface area contributed by atoms with Gasteiger partial charge in [-0.15, -0.1) is 0 Å². The zero-order valence-electron chi connectivity index (χ0n) is 14.7. The SMILES string of the molecule is Cc1ccc(SOCCCC(C)COSc2ccc(C)cc2)cc1. The minimum absolute atomic E-state index is 0.538. The summed E-state index contributed by atoms with van der Waals surface area (Å²) < 4.78 is 11.4. The second kappa shape index (κ2) is 10.8. The first-order valence-electron chi connectivity index (χ1n) is 8.36. The van der Waals surface area contributed by atoms with Crippen LogP contribution in [0, 0.1) is 19.8 Å². The van der Waals surface area contributed by atoms with Gasteiger partial charge >= 0.3 is 0 Å². The van der Waals surface area contributed by atoms with E-state index in [9.17, 15) is 0 Å². The average Bonchev–Trinajstić information content (AvgIpc) is 2.58. The third-order valence-electron chi connectivity index (χ3n) is 3.63. The number of aryl methyl sites for hydroxylation is 2. The molecular weight excluding hydrogens is 336 g/mol. The van der Waals surface area contributed by atoms with Gasteiger partial charge in [0.15, 0.2) is 0 Å². The maximum absolute atomic E-state index is 5.73. The Morgan fingerprint density at radius 2 is 1.29 bits per heavy atom. The van der Waals surface area contributed by atoms with Gasteiger partial charge < -0.3 is 8.37 Å². The van der Waals surface area contributed by atoms with Gasteiger partial charge in [-0.1, -0.05) is 42.3 Å². The molecule has 2 nitrogen and oxygen atoms in total. The molecule has 24 heavy (non-hydrogen) atoms. The molecule has 130 valence electrons. The van der Waals surface area contributed by atoms with Crippen molar-refractivity contribution in [3.8, 4) is 0 Å². The lowest BCUT2D eigenvalue weighted by Crippen LogP contribution is -2.03. The Hall–Kier alpha value is -0.940. The number of benzene rings is 2. The Labute approximate surface area is 154 Å². The first-order chi connectivity index (χ1) is 11.6. The van der Waals surface area contributed by atoms with Gasteiger partial charge in [0, 0.05) is 33.9 Å². The zero-order chi connectivity index (χ0) is 17.2. The van der Waals surface area contributed by atoms with Crippen LogP contribution < -0.4 is 0 Å². The van der Waals surface area contributed by atoms with E-state index in [1.165, 1.54) is 35.2 Å². The van der Waals surface area contributed by atoms with E-state index >= 15 is 0 Å². The Bertz CT molecular complexity index is 582. The quantitative estimate of drug-likeness (QED) is 0.356. The molecule has 0 amide bonds. The highest BCUT2D eigenvalue weighted by atomic mass is 32.2. The Kier molecular flexibility index (Phi) is 8.75. The molecule has 0 heterocycles. The molecule has 1 unspecified atom stereocenters. The largest absolute Gasteiger partial charge is 0.310 e. The fourth-order valence-electron chi connectivity index (χ4n) is 2.09. The summed E-state index contributed by atoms with van der Waals surface area (Å²) in [5, 5.41) is 0. The smallest absolute Gasteiger partial charge is 0.0644 e. The van der Waals surface area contributed by atoms with Crippen LogP contribution in [0.4, 0.5) is 0 Å². The summed E-state index contributed by atoms with van der Waals surface area (Å²) in [5.74, 6) is 0.538. The van der Waals surface area contributed by atoms with Gasteiger partial charge in [0.1, 0.15) is 0 Å². The van der Waals surface area contributed by atoms with Crippen LogP contribution in [0.15, 0.2) is 58.3 Å². The van der Waals surface area contributed by atoms with Crippen LogP contribution in [-0.2, 0) is 8.37 Å². The second-order valence-electron chi connectivity index (χ2n) is 6.15. The van der Waals surface area contributed by atoms with Crippen LogP contribution in [-0.4, -0.2) is 13.2 Å². The third-order valence-corrected chi connectivity index (χ3v) is 5.10. The van der Waals surface area contributed by atoms with Gasteiger partial charge in [0.2, 0.25) is 0 Å². The van der Waals surface area contributed by atoms with Gasteiger partial charge in [-0.25, -0.2) is 0 Å². The van der Waals surface area contributed by atoms with Gasteiger partial charge in [0.25, 0.3) is 0 Å². The molecule has 1 atom stereocenters. The normalized spacial score (nSPS) is 12.3. The monoisotopic (exact) mass is 362 g/mol. The predicted molar refractivity (Wildman–Crippen MR) is 104 cm³/mol. The molecule has 0 radical (unpaired) electrons. The van der Waals surface area contributed by atoms with E-state index in [0.29, 0.717) is 5.92 Å². The first kappa shape index (κ1) is 19.4. The van der Waals surface area contributed by atoms with Gasteiger partial charge in [-0.3, -0.25) is 0 Å². The lowest BCUT2D eigenvalue weighted by Gasteiger charge is -2.11. The van der Waals surface area contributed by atoms with E-state index in [1.807, 2.05) is 0 Å². The fraction of sp³-hybridized carbons (Fsp3) is 0.400. The highest BCUT2D eigenvalue weighted by Gasteiger charge is 2.04. The summed E-state index contributed by atoms with van der Waals surface area (Å²) in [5.41, 5.74) is 2.55. The van der Waals surface area contributed by atoms with E-state index in [2.05, 4.69) is 69.3 Å². The Morgan fingerprint density at radius 1 is 0.792 bits per heavy atom. The molecule has 0 spiro atoms. The molecule has 0 aliphatic heterocycles. The van der Waals surface area contributed by atoms with Gasteiger partial charge in [-0.05, 0) is 56.9 Å². The van der Waals surface area contributed by atoms with Crippen LogP contribution in [0.2, 0.25) is 0 Å². The van der Waals surface area contributed by atoms with E-state index in [0.717, 1.165) is 35.8 Å². The topological polar surface area (TPSA) is 18.5 Å². The van der Waals surface area contributed by atoms with Gasteiger partial charge in [-0.2, -0.15) is 0 Å². The summed E-state index contributed by atoms with van der Waals surface area (Å²) in [6.45, 7) is 7.95. The molecule has 0 N–H and O–H groups in total. The molecule has 2 aromatic carbocycles. The summed E-state index contributed by atoms with van der Waals surface area (Å²) in [4.78, 5) is 2.32. The number of hydrogen-bond acceptors (Lipinski definition) is 4. The molecule has 2 aromatic rings. The van der Waals surface area contributed by atoms with Crippen LogP contribution in [0.1, 0.15) is 30.9 Å². The highest BCUT2D eigenvalue weighted by molar-refractivity contribution is 7.94. The average molecular weight is 363 g/mol. The van der Waals surface area contributed by atoms with Crippen molar-refractivity contribution in [3.05, 3.63) is 59.7 Å². The number of hydrogen-bond donors (Lipinski definition) is 0.